The summed E-state index contributed by atoms with van der Waals surface area (Å²) < 4.78 is 0. The van der Waals surface area contributed by atoms with Crippen LogP contribution in [-0.4, -0.2) is 16.2 Å². The zero-order valence-electron chi connectivity index (χ0n) is 14.3. The zero-order chi connectivity index (χ0) is 18.0. The summed E-state index contributed by atoms with van der Waals surface area (Å²) in [4.78, 5) is 19.4. The molecule has 0 atom stereocenters. The molecule has 0 fully saturated rings. The van der Waals surface area contributed by atoms with E-state index >= 15 is 0 Å². The molecule has 3 aromatic rings. The molecule has 1 heterocycles. The fraction of sp³-hybridized carbons (Fsp3) is 0.150. The quantitative estimate of drug-likeness (QED) is 0.566. The highest BCUT2D eigenvalue weighted by atomic mass is 32.2. The van der Waals surface area contributed by atoms with E-state index in [1.54, 1.807) is 0 Å². The number of H-pyrrole nitrogens is 1. The molecule has 0 aliphatic rings. The number of aromatic nitrogens is 2. The molecule has 3 rings (SSSR count). The Bertz CT molecular complexity index is 1050. The summed E-state index contributed by atoms with van der Waals surface area (Å²) in [6.45, 7) is 4.14. The summed E-state index contributed by atoms with van der Waals surface area (Å²) in [6, 6.07) is 16.0. The van der Waals surface area contributed by atoms with E-state index in [1.165, 1.54) is 22.9 Å². The first-order valence-corrected chi connectivity index (χ1v) is 9.03. The Balaban J connectivity index is 2.30. The summed E-state index contributed by atoms with van der Waals surface area (Å²) in [7, 11) is 0. The van der Waals surface area contributed by atoms with Crippen molar-refractivity contribution in [2.24, 2.45) is 0 Å². The minimum absolute atomic E-state index is 0.0362. The second kappa shape index (κ2) is 6.96. The molecular weight excluding hydrogens is 330 g/mol. The van der Waals surface area contributed by atoms with Crippen LogP contribution in [0.2, 0.25) is 0 Å². The maximum Gasteiger partial charge on any atom is 0.270 e. The van der Waals surface area contributed by atoms with Crippen LogP contribution >= 0.6 is 11.8 Å². The van der Waals surface area contributed by atoms with Crippen molar-refractivity contribution in [2.75, 3.05) is 6.26 Å². The summed E-state index contributed by atoms with van der Waals surface area (Å²) in [5.41, 5.74) is 5.23. The number of nitriles is 1. The van der Waals surface area contributed by atoms with E-state index in [9.17, 15) is 10.1 Å². The smallest absolute Gasteiger partial charge is 0.270 e. The van der Waals surface area contributed by atoms with E-state index in [0.29, 0.717) is 10.9 Å². The maximum atomic E-state index is 12.2. The second-order valence-corrected chi connectivity index (χ2v) is 6.55. The number of nitrogens with zero attached hydrogens (tertiary/aromatic N) is 2. The number of rotatable bonds is 3. The Morgan fingerprint density at radius 3 is 2.44 bits per heavy atom. The molecule has 0 aliphatic heterocycles. The lowest BCUT2D eigenvalue weighted by atomic mass is 9.94. The van der Waals surface area contributed by atoms with Crippen molar-refractivity contribution in [3.8, 4) is 28.5 Å². The Morgan fingerprint density at radius 2 is 1.80 bits per heavy atom. The summed E-state index contributed by atoms with van der Waals surface area (Å²) in [5.74, 6) is 0. The minimum atomic E-state index is -0.410. The van der Waals surface area contributed by atoms with Crippen molar-refractivity contribution < 1.29 is 0 Å². The molecule has 0 aliphatic carbocycles. The van der Waals surface area contributed by atoms with Crippen molar-refractivity contribution in [3.63, 3.8) is 0 Å². The van der Waals surface area contributed by atoms with Crippen LogP contribution in [0.3, 0.4) is 0 Å². The van der Waals surface area contributed by atoms with Gasteiger partial charge in [-0.15, -0.1) is 0 Å². The molecule has 0 spiro atoms. The number of aryl methyl sites for hydroxylation is 2. The maximum absolute atomic E-state index is 12.2. The molecular formula is C20H17N3OS. The number of hydrogen-bond donors (Lipinski definition) is 1. The molecule has 0 amide bonds. The fourth-order valence-electron chi connectivity index (χ4n) is 2.70. The highest BCUT2D eigenvalue weighted by Gasteiger charge is 2.17. The molecule has 25 heavy (non-hydrogen) atoms. The number of aromatic amines is 1. The topological polar surface area (TPSA) is 69.5 Å². The van der Waals surface area contributed by atoms with Crippen LogP contribution in [0.1, 0.15) is 16.7 Å². The van der Waals surface area contributed by atoms with Gasteiger partial charge in [0, 0.05) is 5.56 Å². The molecule has 0 radical (unpaired) electrons. The predicted octanol–water partition coefficient (Wildman–Crippen LogP) is 4.31. The van der Waals surface area contributed by atoms with E-state index in [-0.39, 0.29) is 5.56 Å². The molecule has 1 aromatic heterocycles. The van der Waals surface area contributed by atoms with Crippen molar-refractivity contribution in [2.45, 2.75) is 19.0 Å². The van der Waals surface area contributed by atoms with Gasteiger partial charge in [0.25, 0.3) is 5.56 Å². The number of hydrogen-bond acceptors (Lipinski definition) is 4. The van der Waals surface area contributed by atoms with Gasteiger partial charge in [-0.3, -0.25) is 4.79 Å². The van der Waals surface area contributed by atoms with Crippen LogP contribution in [-0.2, 0) is 0 Å². The summed E-state index contributed by atoms with van der Waals surface area (Å²) in [5, 5.41) is 9.94. The minimum Gasteiger partial charge on any atom is -0.300 e. The lowest BCUT2D eigenvalue weighted by Crippen LogP contribution is -2.14. The first-order valence-electron chi connectivity index (χ1n) is 7.80. The van der Waals surface area contributed by atoms with Crippen LogP contribution in [0, 0.1) is 25.2 Å². The van der Waals surface area contributed by atoms with Gasteiger partial charge in [-0.1, -0.05) is 54.2 Å². The average Bonchev–Trinajstić information content (AvgIpc) is 2.63. The van der Waals surface area contributed by atoms with Crippen LogP contribution in [0.15, 0.2) is 52.4 Å². The Labute approximate surface area is 150 Å². The third-order valence-electron chi connectivity index (χ3n) is 4.20. The van der Waals surface area contributed by atoms with E-state index in [0.717, 1.165) is 16.7 Å². The average molecular weight is 347 g/mol. The van der Waals surface area contributed by atoms with Crippen LogP contribution in [0.25, 0.3) is 22.4 Å². The van der Waals surface area contributed by atoms with Gasteiger partial charge in [-0.2, -0.15) is 5.26 Å². The van der Waals surface area contributed by atoms with Crippen molar-refractivity contribution in [3.05, 3.63) is 69.5 Å². The standard InChI is InChI=1S/C20H17N3OS/c1-12-8-9-14(10-13(12)2)15-6-4-5-7-16(15)18-17(11-21)19(24)23-20(22-18)25-3/h4-10H,1-3H3,(H,22,23,24). The van der Waals surface area contributed by atoms with Gasteiger partial charge < -0.3 is 4.98 Å². The normalized spacial score (nSPS) is 10.5. The van der Waals surface area contributed by atoms with Gasteiger partial charge in [-0.05, 0) is 42.4 Å². The van der Waals surface area contributed by atoms with Crippen molar-refractivity contribution >= 4 is 11.8 Å². The first-order chi connectivity index (χ1) is 12.0. The monoisotopic (exact) mass is 347 g/mol. The van der Waals surface area contributed by atoms with E-state index in [1.807, 2.05) is 36.6 Å². The molecule has 4 nitrogen and oxygen atoms in total. The Kier molecular flexibility index (Phi) is 4.73. The molecule has 1 N–H and O–H groups in total. The van der Waals surface area contributed by atoms with Crippen molar-refractivity contribution in [1.82, 2.24) is 9.97 Å². The molecule has 0 unspecified atom stereocenters. The second-order valence-electron chi connectivity index (χ2n) is 5.76. The van der Waals surface area contributed by atoms with E-state index < -0.39 is 5.56 Å². The largest absolute Gasteiger partial charge is 0.300 e. The Hall–Kier alpha value is -2.84. The predicted molar refractivity (Wildman–Crippen MR) is 102 cm³/mol. The molecule has 0 bridgehead atoms. The van der Waals surface area contributed by atoms with E-state index in [2.05, 4.69) is 42.0 Å². The van der Waals surface area contributed by atoms with Gasteiger partial charge in [0.05, 0.1) is 5.69 Å². The zero-order valence-corrected chi connectivity index (χ0v) is 15.1. The molecule has 0 saturated carbocycles. The summed E-state index contributed by atoms with van der Waals surface area (Å²) >= 11 is 1.34. The summed E-state index contributed by atoms with van der Waals surface area (Å²) in [6.07, 6.45) is 1.84. The fourth-order valence-corrected chi connectivity index (χ4v) is 3.08. The van der Waals surface area contributed by atoms with E-state index in [4.69, 9.17) is 0 Å². The third kappa shape index (κ3) is 3.21. The number of thioether (sulfide) groups is 1. The highest BCUT2D eigenvalue weighted by Crippen LogP contribution is 2.33. The molecule has 2 aromatic carbocycles. The van der Waals surface area contributed by atoms with Gasteiger partial charge in [0.2, 0.25) is 0 Å². The van der Waals surface area contributed by atoms with Gasteiger partial charge >= 0.3 is 0 Å². The van der Waals surface area contributed by atoms with Gasteiger partial charge in [0.15, 0.2) is 5.16 Å². The molecule has 0 saturated heterocycles. The molecule has 5 heteroatoms. The highest BCUT2D eigenvalue weighted by molar-refractivity contribution is 7.98. The lowest BCUT2D eigenvalue weighted by Gasteiger charge is -2.12. The van der Waals surface area contributed by atoms with Crippen LogP contribution in [0.5, 0.6) is 0 Å². The van der Waals surface area contributed by atoms with Crippen LogP contribution in [0.4, 0.5) is 0 Å². The molecule has 124 valence electrons. The Morgan fingerprint density at radius 1 is 1.08 bits per heavy atom. The SMILES string of the molecule is CSc1nc(-c2ccccc2-c2ccc(C)c(C)c2)c(C#N)c(=O)[nH]1. The lowest BCUT2D eigenvalue weighted by molar-refractivity contribution is 0.938. The number of nitrogens with one attached hydrogen (secondary N) is 1. The first kappa shape index (κ1) is 17.0. The van der Waals surface area contributed by atoms with Gasteiger partial charge in [0.1, 0.15) is 11.6 Å². The van der Waals surface area contributed by atoms with Crippen LogP contribution < -0.4 is 5.56 Å². The number of benzene rings is 2. The van der Waals surface area contributed by atoms with Gasteiger partial charge in [-0.25, -0.2) is 4.98 Å². The van der Waals surface area contributed by atoms with Crippen molar-refractivity contribution in [1.29, 1.82) is 5.26 Å². The third-order valence-corrected chi connectivity index (χ3v) is 4.78.